The predicted octanol–water partition coefficient (Wildman–Crippen LogP) is 3.70. The summed E-state index contributed by atoms with van der Waals surface area (Å²) in [7, 11) is -1.07. The molecule has 0 bridgehead atoms. The molecule has 0 radical (unpaired) electrons. The third-order valence-electron chi connectivity index (χ3n) is 3.92. The van der Waals surface area contributed by atoms with Crippen molar-refractivity contribution in [2.75, 3.05) is 18.9 Å². The maximum absolute atomic E-state index is 12.9. The van der Waals surface area contributed by atoms with E-state index in [0.717, 1.165) is 11.4 Å². The van der Waals surface area contributed by atoms with Gasteiger partial charge in [-0.15, -0.1) is 0 Å². The van der Waals surface area contributed by atoms with E-state index in [0.29, 0.717) is 17.2 Å². The van der Waals surface area contributed by atoms with Crippen molar-refractivity contribution < 1.29 is 22.6 Å². The first-order valence-corrected chi connectivity index (χ1v) is 10.1. The first-order chi connectivity index (χ1) is 13.8. The Morgan fingerprint density at radius 1 is 0.862 bits per heavy atom. The van der Waals surface area contributed by atoms with Crippen molar-refractivity contribution in [2.24, 2.45) is 0 Å². The van der Waals surface area contributed by atoms with Crippen LogP contribution in [0.5, 0.6) is 23.3 Å². The predicted molar refractivity (Wildman–Crippen MR) is 108 cm³/mol. The zero-order valence-electron chi connectivity index (χ0n) is 16.5. The number of nitrogens with zero attached hydrogens (tertiary/aromatic N) is 2. The minimum absolute atomic E-state index is 0.0386. The molecule has 2 aromatic carbocycles. The monoisotopic (exact) mass is 415 g/mol. The van der Waals surface area contributed by atoms with Gasteiger partial charge in [0.25, 0.3) is 10.0 Å². The van der Waals surface area contributed by atoms with Crippen LogP contribution in [-0.2, 0) is 10.0 Å². The normalized spacial score (nSPS) is 11.0. The Balaban J connectivity index is 1.88. The van der Waals surface area contributed by atoms with E-state index in [9.17, 15) is 8.42 Å². The Labute approximate surface area is 169 Å². The second-order valence-electron chi connectivity index (χ2n) is 6.19. The summed E-state index contributed by atoms with van der Waals surface area (Å²) in [6.45, 7) is 3.68. The van der Waals surface area contributed by atoms with E-state index in [2.05, 4.69) is 14.7 Å². The highest BCUT2D eigenvalue weighted by molar-refractivity contribution is 7.92. The summed E-state index contributed by atoms with van der Waals surface area (Å²) in [5.74, 6) is 0.998. The van der Waals surface area contributed by atoms with Gasteiger partial charge in [0.15, 0.2) is 0 Å². The van der Waals surface area contributed by atoms with E-state index in [-0.39, 0.29) is 16.7 Å². The zero-order chi connectivity index (χ0) is 21.0. The van der Waals surface area contributed by atoms with Crippen LogP contribution in [0.2, 0.25) is 0 Å². The van der Waals surface area contributed by atoms with E-state index in [4.69, 9.17) is 14.2 Å². The summed E-state index contributed by atoms with van der Waals surface area (Å²) in [5.41, 5.74) is 1.86. The number of aryl methyl sites for hydroxylation is 2. The van der Waals surface area contributed by atoms with E-state index in [1.807, 2.05) is 19.9 Å². The Kier molecular flexibility index (Phi) is 5.88. The molecular weight excluding hydrogens is 394 g/mol. The third-order valence-corrected chi connectivity index (χ3v) is 5.32. The minimum atomic E-state index is -3.93. The molecular formula is C20H21N3O5S. The van der Waals surface area contributed by atoms with Crippen LogP contribution in [0.15, 0.2) is 53.4 Å². The highest BCUT2D eigenvalue weighted by Gasteiger charge is 2.21. The highest BCUT2D eigenvalue weighted by Crippen LogP contribution is 2.30. The van der Waals surface area contributed by atoms with Crippen LogP contribution in [0, 0.1) is 13.8 Å². The van der Waals surface area contributed by atoms with Crippen LogP contribution in [0.25, 0.3) is 0 Å². The molecule has 29 heavy (non-hydrogen) atoms. The van der Waals surface area contributed by atoms with Gasteiger partial charge in [0.2, 0.25) is 0 Å². The van der Waals surface area contributed by atoms with Gasteiger partial charge in [0, 0.05) is 23.5 Å². The molecule has 0 aliphatic rings. The Morgan fingerprint density at radius 3 is 2.24 bits per heavy atom. The van der Waals surface area contributed by atoms with Crippen LogP contribution in [0.4, 0.5) is 5.69 Å². The van der Waals surface area contributed by atoms with Gasteiger partial charge in [-0.3, -0.25) is 4.72 Å². The number of anilines is 1. The lowest BCUT2D eigenvalue weighted by atomic mass is 10.3. The van der Waals surface area contributed by atoms with Gasteiger partial charge in [-0.1, -0.05) is 6.07 Å². The molecule has 152 valence electrons. The lowest BCUT2D eigenvalue weighted by Gasteiger charge is -2.13. The lowest BCUT2D eigenvalue weighted by Crippen LogP contribution is -2.14. The van der Waals surface area contributed by atoms with Crippen molar-refractivity contribution in [1.29, 1.82) is 0 Å². The lowest BCUT2D eigenvalue weighted by molar-refractivity contribution is 0.392. The number of sulfonamides is 1. The maximum Gasteiger partial charge on any atom is 0.322 e. The molecule has 0 atom stereocenters. The molecule has 0 saturated carbocycles. The Morgan fingerprint density at radius 2 is 1.59 bits per heavy atom. The van der Waals surface area contributed by atoms with Gasteiger partial charge >= 0.3 is 6.01 Å². The average Bonchev–Trinajstić information content (AvgIpc) is 2.66. The molecule has 0 aliphatic carbocycles. The van der Waals surface area contributed by atoms with Gasteiger partial charge < -0.3 is 14.2 Å². The molecule has 0 unspecified atom stereocenters. The number of methoxy groups -OCH3 is 2. The van der Waals surface area contributed by atoms with Gasteiger partial charge in [-0.25, -0.2) is 18.4 Å². The van der Waals surface area contributed by atoms with Crippen LogP contribution in [0.3, 0.4) is 0 Å². The van der Waals surface area contributed by atoms with Gasteiger partial charge in [0.1, 0.15) is 22.1 Å². The quantitative estimate of drug-likeness (QED) is 0.628. The maximum atomic E-state index is 12.9. The van der Waals surface area contributed by atoms with Gasteiger partial charge in [0.05, 0.1) is 19.9 Å². The van der Waals surface area contributed by atoms with Crippen LogP contribution in [0.1, 0.15) is 11.4 Å². The number of nitrogens with one attached hydrogen (secondary N) is 1. The summed E-state index contributed by atoms with van der Waals surface area (Å²) in [6, 6.07) is 13.1. The van der Waals surface area contributed by atoms with Crippen LogP contribution < -0.4 is 18.9 Å². The smallest absolute Gasteiger partial charge is 0.322 e. The molecule has 0 spiro atoms. The van der Waals surface area contributed by atoms with E-state index in [1.54, 1.807) is 30.3 Å². The molecule has 0 saturated heterocycles. The Bertz CT molecular complexity index is 1110. The van der Waals surface area contributed by atoms with Gasteiger partial charge in [-0.05, 0) is 44.2 Å². The van der Waals surface area contributed by atoms with Crippen molar-refractivity contribution >= 4 is 15.7 Å². The number of hydrogen-bond acceptors (Lipinski definition) is 7. The summed E-state index contributed by atoms with van der Waals surface area (Å²) in [6.07, 6.45) is 0. The number of rotatable bonds is 7. The van der Waals surface area contributed by atoms with Crippen molar-refractivity contribution in [1.82, 2.24) is 9.97 Å². The fraction of sp³-hybridized carbons (Fsp3) is 0.200. The van der Waals surface area contributed by atoms with Crippen molar-refractivity contribution in [3.8, 4) is 23.3 Å². The number of benzene rings is 2. The molecule has 0 aliphatic heterocycles. The van der Waals surface area contributed by atoms with Crippen molar-refractivity contribution in [3.63, 3.8) is 0 Å². The number of hydrogen-bond donors (Lipinski definition) is 1. The topological polar surface area (TPSA) is 99.6 Å². The van der Waals surface area contributed by atoms with E-state index < -0.39 is 10.0 Å². The molecule has 3 rings (SSSR count). The SMILES string of the molecule is COc1ccc(OC)c(S(=O)(=O)Nc2cccc(Oc3nc(C)cc(C)n3)c2)c1. The first kappa shape index (κ1) is 20.4. The molecule has 1 aromatic heterocycles. The molecule has 8 nitrogen and oxygen atoms in total. The molecule has 1 heterocycles. The van der Waals surface area contributed by atoms with E-state index in [1.165, 1.54) is 26.4 Å². The standard InChI is InChI=1S/C20H21N3O5S/c1-13-10-14(2)22-20(21-13)28-17-7-5-6-15(11-17)23-29(24,25)19-12-16(26-3)8-9-18(19)27-4/h5-12,23H,1-4H3. The third kappa shape index (κ3) is 4.94. The zero-order valence-corrected chi connectivity index (χ0v) is 17.3. The molecule has 9 heteroatoms. The second-order valence-corrected chi connectivity index (χ2v) is 7.84. The first-order valence-electron chi connectivity index (χ1n) is 8.66. The van der Waals surface area contributed by atoms with Crippen molar-refractivity contribution in [2.45, 2.75) is 18.7 Å². The average molecular weight is 415 g/mol. The van der Waals surface area contributed by atoms with Crippen LogP contribution >= 0.6 is 0 Å². The molecule has 0 fully saturated rings. The van der Waals surface area contributed by atoms with Crippen LogP contribution in [-0.4, -0.2) is 32.6 Å². The molecule has 3 aromatic rings. The molecule has 1 N–H and O–H groups in total. The largest absolute Gasteiger partial charge is 0.497 e. The highest BCUT2D eigenvalue weighted by atomic mass is 32.2. The Hall–Kier alpha value is -3.33. The molecule has 0 amide bonds. The van der Waals surface area contributed by atoms with Gasteiger partial charge in [-0.2, -0.15) is 0 Å². The number of ether oxygens (including phenoxy) is 3. The minimum Gasteiger partial charge on any atom is -0.497 e. The summed E-state index contributed by atoms with van der Waals surface area (Å²) >= 11 is 0. The summed E-state index contributed by atoms with van der Waals surface area (Å²) in [5, 5.41) is 0. The number of aromatic nitrogens is 2. The fourth-order valence-corrected chi connectivity index (χ4v) is 3.91. The summed E-state index contributed by atoms with van der Waals surface area (Å²) < 4.78 is 44.3. The summed E-state index contributed by atoms with van der Waals surface area (Å²) in [4.78, 5) is 8.40. The fourth-order valence-electron chi connectivity index (χ4n) is 2.67. The van der Waals surface area contributed by atoms with E-state index >= 15 is 0 Å². The second kappa shape index (κ2) is 8.36. The van der Waals surface area contributed by atoms with Crippen molar-refractivity contribution in [3.05, 3.63) is 59.9 Å².